The molecule has 0 heterocycles. The highest BCUT2D eigenvalue weighted by atomic mass is 79.9. The molecule has 0 radical (unpaired) electrons. The lowest BCUT2D eigenvalue weighted by Gasteiger charge is -2.29. The third-order valence-electron chi connectivity index (χ3n) is 5.34. The smallest absolute Gasteiger partial charge is 0.156 e. The van der Waals surface area contributed by atoms with Gasteiger partial charge in [0.1, 0.15) is 12.2 Å². The molecule has 0 saturated heterocycles. The first kappa shape index (κ1) is 27.4. The van der Waals surface area contributed by atoms with Crippen LogP contribution < -0.4 is 9.47 Å². The minimum absolute atomic E-state index is 0.0938. The lowest BCUT2D eigenvalue weighted by atomic mass is 9.78. The van der Waals surface area contributed by atoms with Crippen molar-refractivity contribution in [2.24, 2.45) is 0 Å². The van der Waals surface area contributed by atoms with E-state index in [1.807, 2.05) is 52.0 Å². The van der Waals surface area contributed by atoms with Crippen molar-refractivity contribution in [1.82, 2.24) is 0 Å². The van der Waals surface area contributed by atoms with E-state index in [1.165, 1.54) is 0 Å². The Morgan fingerprint density at radius 2 is 0.903 bits per heavy atom. The number of alkyl halides is 2. The number of hydrogen-bond acceptors (Lipinski definition) is 2. The summed E-state index contributed by atoms with van der Waals surface area (Å²) in [6.45, 7) is 12.0. The molecule has 0 aromatic heterocycles. The second-order valence-electron chi connectivity index (χ2n) is 8.16. The van der Waals surface area contributed by atoms with Gasteiger partial charge in [0, 0.05) is 15.1 Å². The molecule has 31 heavy (non-hydrogen) atoms. The first-order valence-corrected chi connectivity index (χ1v) is 13.2. The Hall–Kier alpha value is 0.160. The van der Waals surface area contributed by atoms with Gasteiger partial charge in [-0.15, -0.1) is 0 Å². The van der Waals surface area contributed by atoms with E-state index < -0.39 is 5.41 Å². The molecule has 0 aliphatic heterocycles. The summed E-state index contributed by atoms with van der Waals surface area (Å²) in [5.41, 5.74) is 1.36. The standard InChI is InChI=1S/C23H26Br2Cl4O2/c1-11(24)13(3)30-21-17(26)7-15(8-18(21)27)23(5,6)16-9-19(28)22(20(29)10-16)31-14(4)12(2)25/h7-14H,1-6H3. The molecule has 0 saturated carbocycles. The van der Waals surface area contributed by atoms with Crippen molar-refractivity contribution < 1.29 is 9.47 Å². The Morgan fingerprint density at radius 1 is 0.645 bits per heavy atom. The van der Waals surface area contributed by atoms with Gasteiger partial charge >= 0.3 is 0 Å². The molecule has 0 spiro atoms. The van der Waals surface area contributed by atoms with E-state index in [1.54, 1.807) is 0 Å². The molecule has 2 nitrogen and oxygen atoms in total. The van der Waals surface area contributed by atoms with Gasteiger partial charge in [-0.25, -0.2) is 0 Å². The SMILES string of the molecule is CC(Br)C(C)Oc1c(Cl)cc(C(C)(C)c2cc(Cl)c(OC(C)C(C)Br)c(Cl)c2)cc1Cl. The summed E-state index contributed by atoms with van der Waals surface area (Å²) in [6.07, 6.45) is -0.188. The van der Waals surface area contributed by atoms with Crippen molar-refractivity contribution in [1.29, 1.82) is 0 Å². The van der Waals surface area contributed by atoms with E-state index in [2.05, 4.69) is 45.7 Å². The summed E-state index contributed by atoms with van der Waals surface area (Å²) in [7, 11) is 0. The third kappa shape index (κ3) is 6.61. The van der Waals surface area contributed by atoms with E-state index in [9.17, 15) is 0 Å². The van der Waals surface area contributed by atoms with E-state index >= 15 is 0 Å². The highest BCUT2D eigenvalue weighted by molar-refractivity contribution is 9.09. The largest absolute Gasteiger partial charge is 0.486 e. The molecular formula is C23H26Br2Cl4O2. The zero-order chi connectivity index (χ0) is 23.7. The van der Waals surface area contributed by atoms with Crippen LogP contribution in [0.1, 0.15) is 52.7 Å². The lowest BCUT2D eigenvalue weighted by molar-refractivity contribution is 0.225. The molecule has 0 fully saturated rings. The van der Waals surface area contributed by atoms with Crippen molar-refractivity contribution in [3.8, 4) is 11.5 Å². The van der Waals surface area contributed by atoms with Gasteiger partial charge in [-0.05, 0) is 63.1 Å². The second-order valence-corrected chi connectivity index (χ2v) is 12.7. The summed E-state index contributed by atoms with van der Waals surface area (Å²) < 4.78 is 11.9. The Morgan fingerprint density at radius 3 is 1.13 bits per heavy atom. The maximum Gasteiger partial charge on any atom is 0.156 e. The highest BCUT2D eigenvalue weighted by Crippen LogP contribution is 2.44. The molecule has 8 heteroatoms. The monoisotopic (exact) mass is 632 g/mol. The molecule has 2 aromatic carbocycles. The predicted octanol–water partition coefficient (Wildman–Crippen LogP) is 9.73. The van der Waals surface area contributed by atoms with Crippen LogP contribution in [0, 0.1) is 0 Å². The van der Waals surface area contributed by atoms with Gasteiger partial charge in [0.15, 0.2) is 11.5 Å². The number of ether oxygens (including phenoxy) is 2. The van der Waals surface area contributed by atoms with Gasteiger partial charge in [0.2, 0.25) is 0 Å². The van der Waals surface area contributed by atoms with E-state index in [0.29, 0.717) is 31.6 Å². The molecule has 0 amide bonds. The molecule has 2 rings (SSSR count). The van der Waals surface area contributed by atoms with Gasteiger partial charge in [0.05, 0.1) is 20.1 Å². The van der Waals surface area contributed by atoms with Crippen LogP contribution in [-0.2, 0) is 5.41 Å². The Balaban J connectivity index is 2.43. The van der Waals surface area contributed by atoms with Gasteiger partial charge < -0.3 is 9.47 Å². The van der Waals surface area contributed by atoms with E-state index in [0.717, 1.165) is 11.1 Å². The van der Waals surface area contributed by atoms with Crippen LogP contribution in [0.5, 0.6) is 11.5 Å². The molecule has 0 bridgehead atoms. The minimum Gasteiger partial charge on any atom is -0.486 e. The number of halogens is 6. The van der Waals surface area contributed by atoms with Crippen LogP contribution in [0.2, 0.25) is 20.1 Å². The van der Waals surface area contributed by atoms with Crippen molar-refractivity contribution in [2.45, 2.75) is 68.8 Å². The van der Waals surface area contributed by atoms with Crippen molar-refractivity contribution in [2.75, 3.05) is 0 Å². The normalized spacial score (nSPS) is 15.9. The molecule has 172 valence electrons. The van der Waals surface area contributed by atoms with Crippen molar-refractivity contribution in [3.05, 3.63) is 55.5 Å². The topological polar surface area (TPSA) is 18.5 Å². The Kier molecular flexibility index (Phi) is 9.77. The fraction of sp³-hybridized carbons (Fsp3) is 0.478. The zero-order valence-corrected chi connectivity index (χ0v) is 24.4. The fourth-order valence-electron chi connectivity index (χ4n) is 2.79. The molecule has 0 aliphatic carbocycles. The maximum absolute atomic E-state index is 6.55. The van der Waals surface area contributed by atoms with Gasteiger partial charge in [-0.2, -0.15) is 0 Å². The summed E-state index contributed by atoms with van der Waals surface area (Å²) in [5, 5.41) is 1.81. The molecule has 2 aromatic rings. The molecule has 4 unspecified atom stereocenters. The van der Waals surface area contributed by atoms with E-state index in [4.69, 9.17) is 55.9 Å². The maximum atomic E-state index is 6.55. The summed E-state index contributed by atoms with van der Waals surface area (Å²) >= 11 is 33.2. The summed E-state index contributed by atoms with van der Waals surface area (Å²) in [5.74, 6) is 0.943. The first-order valence-electron chi connectivity index (χ1n) is 9.86. The van der Waals surface area contributed by atoms with Crippen LogP contribution in [0.15, 0.2) is 24.3 Å². The fourth-order valence-corrected chi connectivity index (χ4v) is 4.16. The van der Waals surface area contributed by atoms with Crippen LogP contribution in [0.3, 0.4) is 0 Å². The molecular weight excluding hydrogens is 610 g/mol. The van der Waals surface area contributed by atoms with E-state index in [-0.39, 0.29) is 21.9 Å². The molecule has 4 atom stereocenters. The molecule has 0 N–H and O–H groups in total. The average molecular weight is 636 g/mol. The molecule has 0 aliphatic rings. The third-order valence-corrected chi connectivity index (χ3v) is 7.95. The van der Waals surface area contributed by atoms with Gasteiger partial charge in [-0.1, -0.05) is 92.1 Å². The van der Waals surface area contributed by atoms with Crippen molar-refractivity contribution in [3.63, 3.8) is 0 Å². The Labute approximate surface area is 222 Å². The lowest BCUT2D eigenvalue weighted by Crippen LogP contribution is -2.23. The summed E-state index contributed by atoms with van der Waals surface area (Å²) in [4.78, 5) is 0.298. The number of hydrogen-bond donors (Lipinski definition) is 0. The van der Waals surface area contributed by atoms with Gasteiger partial charge in [0.25, 0.3) is 0 Å². The second kappa shape index (κ2) is 11.1. The average Bonchev–Trinajstić information content (AvgIpc) is 2.66. The van der Waals surface area contributed by atoms with Crippen LogP contribution in [0.25, 0.3) is 0 Å². The summed E-state index contributed by atoms with van der Waals surface area (Å²) in [6, 6.07) is 7.48. The zero-order valence-electron chi connectivity index (χ0n) is 18.2. The van der Waals surface area contributed by atoms with Crippen molar-refractivity contribution >= 4 is 78.3 Å². The van der Waals surface area contributed by atoms with Crippen LogP contribution in [-0.4, -0.2) is 21.9 Å². The minimum atomic E-state index is -0.472. The predicted molar refractivity (Wildman–Crippen MR) is 142 cm³/mol. The van der Waals surface area contributed by atoms with Gasteiger partial charge in [-0.3, -0.25) is 0 Å². The quantitative estimate of drug-likeness (QED) is 0.269. The first-order chi connectivity index (χ1) is 14.2. The van der Waals surface area contributed by atoms with Crippen LogP contribution >= 0.6 is 78.3 Å². The number of benzene rings is 2. The number of rotatable bonds is 8. The highest BCUT2D eigenvalue weighted by Gasteiger charge is 2.28. The Bertz CT molecular complexity index is 812. The van der Waals surface area contributed by atoms with Crippen LogP contribution in [0.4, 0.5) is 0 Å².